The number of fused-ring (bicyclic) bond motifs is 1. The molecule has 1 heterocycles. The van der Waals surface area contributed by atoms with Crippen LogP contribution in [0, 0.1) is 5.92 Å². The van der Waals surface area contributed by atoms with Crippen LogP contribution in [0.4, 0.5) is 0 Å². The monoisotopic (exact) mass is 251 g/mol. The maximum Gasteiger partial charge on any atom is 0.245 e. The SMILES string of the molecule is COc1ccc2c(c1)OC[C@H](CNC(=O)CO)C2. The molecule has 2 rings (SSSR count). The average molecular weight is 251 g/mol. The molecular weight excluding hydrogens is 234 g/mol. The Balaban J connectivity index is 1.95. The van der Waals surface area contributed by atoms with Gasteiger partial charge in [0.25, 0.3) is 0 Å². The largest absolute Gasteiger partial charge is 0.497 e. The Bertz CT molecular complexity index is 433. The van der Waals surface area contributed by atoms with Crippen LogP contribution in [0.2, 0.25) is 0 Å². The van der Waals surface area contributed by atoms with Crippen LogP contribution in [0.3, 0.4) is 0 Å². The Kier molecular flexibility index (Phi) is 4.04. The topological polar surface area (TPSA) is 67.8 Å². The van der Waals surface area contributed by atoms with Gasteiger partial charge in [-0.15, -0.1) is 0 Å². The van der Waals surface area contributed by atoms with Crippen LogP contribution < -0.4 is 14.8 Å². The quantitative estimate of drug-likeness (QED) is 0.810. The van der Waals surface area contributed by atoms with Gasteiger partial charge in [-0.1, -0.05) is 6.07 Å². The van der Waals surface area contributed by atoms with E-state index >= 15 is 0 Å². The van der Waals surface area contributed by atoms with Crippen LogP contribution in [-0.4, -0.2) is 37.9 Å². The van der Waals surface area contributed by atoms with E-state index in [0.717, 1.165) is 23.5 Å². The molecule has 1 aliphatic heterocycles. The number of carbonyl (C=O) groups is 1. The van der Waals surface area contributed by atoms with Crippen molar-refractivity contribution in [3.8, 4) is 11.5 Å². The third-order valence-electron chi connectivity index (χ3n) is 2.99. The van der Waals surface area contributed by atoms with Crippen molar-refractivity contribution >= 4 is 5.91 Å². The number of carbonyl (C=O) groups excluding carboxylic acids is 1. The molecule has 1 aliphatic rings. The fraction of sp³-hybridized carbons (Fsp3) is 0.462. The Morgan fingerprint density at radius 3 is 3.17 bits per heavy atom. The van der Waals surface area contributed by atoms with E-state index < -0.39 is 6.61 Å². The molecule has 2 N–H and O–H groups in total. The number of aliphatic hydroxyl groups is 1. The lowest BCUT2D eigenvalue weighted by molar-refractivity contribution is -0.124. The predicted molar refractivity (Wildman–Crippen MR) is 65.8 cm³/mol. The summed E-state index contributed by atoms with van der Waals surface area (Å²) in [7, 11) is 1.62. The Morgan fingerprint density at radius 2 is 2.44 bits per heavy atom. The summed E-state index contributed by atoms with van der Waals surface area (Å²) in [6.45, 7) is 0.609. The van der Waals surface area contributed by atoms with E-state index in [1.807, 2.05) is 18.2 Å². The minimum absolute atomic E-state index is 0.237. The molecule has 1 atom stereocenters. The second-order valence-corrected chi connectivity index (χ2v) is 4.32. The zero-order valence-electron chi connectivity index (χ0n) is 10.3. The van der Waals surface area contributed by atoms with E-state index in [4.69, 9.17) is 14.6 Å². The molecule has 0 spiro atoms. The molecular formula is C13H17NO4. The highest BCUT2D eigenvalue weighted by Gasteiger charge is 2.20. The maximum atomic E-state index is 11.0. The number of nitrogens with one attached hydrogen (secondary N) is 1. The normalized spacial score (nSPS) is 17.6. The molecule has 0 aromatic heterocycles. The van der Waals surface area contributed by atoms with Crippen molar-refractivity contribution in [1.29, 1.82) is 0 Å². The summed E-state index contributed by atoms with van der Waals surface area (Å²) in [6.07, 6.45) is 0.852. The molecule has 0 unspecified atom stereocenters. The number of methoxy groups -OCH3 is 1. The smallest absolute Gasteiger partial charge is 0.245 e. The summed E-state index contributed by atoms with van der Waals surface area (Å²) >= 11 is 0. The standard InChI is InChI=1S/C13H17NO4/c1-17-11-3-2-10-4-9(6-14-13(16)7-15)8-18-12(10)5-11/h2-3,5,9,15H,4,6-8H2,1H3,(H,14,16)/t9-/m0/s1. The Morgan fingerprint density at radius 1 is 1.61 bits per heavy atom. The fourth-order valence-electron chi connectivity index (χ4n) is 1.99. The molecule has 1 aromatic rings. The highest BCUT2D eigenvalue weighted by atomic mass is 16.5. The summed E-state index contributed by atoms with van der Waals surface area (Å²) in [5.74, 6) is 1.51. The minimum Gasteiger partial charge on any atom is -0.497 e. The molecule has 5 nitrogen and oxygen atoms in total. The molecule has 1 amide bonds. The van der Waals surface area contributed by atoms with Gasteiger partial charge in [-0.25, -0.2) is 0 Å². The van der Waals surface area contributed by atoms with Crippen molar-refractivity contribution in [1.82, 2.24) is 5.32 Å². The third kappa shape index (κ3) is 2.92. The Hall–Kier alpha value is -1.75. The van der Waals surface area contributed by atoms with Gasteiger partial charge in [-0.2, -0.15) is 0 Å². The molecule has 1 aromatic carbocycles. The third-order valence-corrected chi connectivity index (χ3v) is 2.99. The van der Waals surface area contributed by atoms with Crippen molar-refractivity contribution in [3.05, 3.63) is 23.8 Å². The summed E-state index contributed by atoms with van der Waals surface area (Å²) in [6, 6.07) is 5.75. The second kappa shape index (κ2) is 5.73. The highest BCUT2D eigenvalue weighted by molar-refractivity contribution is 5.76. The summed E-state index contributed by atoms with van der Waals surface area (Å²) in [5, 5.41) is 11.3. The summed E-state index contributed by atoms with van der Waals surface area (Å²) in [5.41, 5.74) is 1.12. The first-order valence-corrected chi connectivity index (χ1v) is 5.90. The number of hydrogen-bond acceptors (Lipinski definition) is 4. The van der Waals surface area contributed by atoms with Gasteiger partial charge in [0.15, 0.2) is 0 Å². The molecule has 0 radical (unpaired) electrons. The fourth-order valence-corrected chi connectivity index (χ4v) is 1.99. The summed E-state index contributed by atoms with van der Waals surface area (Å²) in [4.78, 5) is 11.0. The van der Waals surface area contributed by atoms with Crippen LogP contribution in [0.25, 0.3) is 0 Å². The van der Waals surface area contributed by atoms with Crippen molar-refractivity contribution in [2.24, 2.45) is 5.92 Å². The predicted octanol–water partition coefficient (Wildman–Crippen LogP) is 0.355. The van der Waals surface area contributed by atoms with E-state index in [0.29, 0.717) is 13.2 Å². The van der Waals surface area contributed by atoms with Gasteiger partial charge in [0.1, 0.15) is 18.1 Å². The second-order valence-electron chi connectivity index (χ2n) is 4.32. The Labute approximate surface area is 106 Å². The van der Waals surface area contributed by atoms with E-state index in [1.165, 1.54) is 0 Å². The van der Waals surface area contributed by atoms with Gasteiger partial charge in [0.05, 0.1) is 13.7 Å². The number of benzene rings is 1. The first-order valence-electron chi connectivity index (χ1n) is 5.90. The van der Waals surface area contributed by atoms with Crippen molar-refractivity contribution in [2.75, 3.05) is 26.9 Å². The van der Waals surface area contributed by atoms with Gasteiger partial charge >= 0.3 is 0 Å². The molecule has 0 saturated carbocycles. The van der Waals surface area contributed by atoms with Gasteiger partial charge in [0, 0.05) is 18.5 Å². The van der Waals surface area contributed by atoms with E-state index in [-0.39, 0.29) is 11.8 Å². The van der Waals surface area contributed by atoms with Crippen molar-refractivity contribution < 1.29 is 19.4 Å². The first-order chi connectivity index (χ1) is 8.72. The maximum absolute atomic E-state index is 11.0. The lowest BCUT2D eigenvalue weighted by atomic mass is 9.96. The van der Waals surface area contributed by atoms with Crippen LogP contribution in [0.15, 0.2) is 18.2 Å². The molecule has 0 aliphatic carbocycles. The van der Waals surface area contributed by atoms with Gasteiger partial charge < -0.3 is 19.9 Å². The van der Waals surface area contributed by atoms with Crippen LogP contribution in [-0.2, 0) is 11.2 Å². The zero-order chi connectivity index (χ0) is 13.0. The lowest BCUT2D eigenvalue weighted by Crippen LogP contribution is -2.36. The molecule has 0 bridgehead atoms. The minimum atomic E-state index is -0.471. The van der Waals surface area contributed by atoms with E-state index in [9.17, 15) is 4.79 Å². The lowest BCUT2D eigenvalue weighted by Gasteiger charge is -2.25. The average Bonchev–Trinajstić information content (AvgIpc) is 2.43. The van der Waals surface area contributed by atoms with Crippen LogP contribution >= 0.6 is 0 Å². The highest BCUT2D eigenvalue weighted by Crippen LogP contribution is 2.30. The zero-order valence-corrected chi connectivity index (χ0v) is 10.3. The van der Waals surface area contributed by atoms with Crippen molar-refractivity contribution in [3.63, 3.8) is 0 Å². The van der Waals surface area contributed by atoms with E-state index in [1.54, 1.807) is 7.11 Å². The van der Waals surface area contributed by atoms with Gasteiger partial charge in [-0.3, -0.25) is 4.79 Å². The van der Waals surface area contributed by atoms with Crippen LogP contribution in [0.1, 0.15) is 5.56 Å². The number of ether oxygens (including phenoxy) is 2. The molecule has 5 heteroatoms. The number of amides is 1. The molecule has 0 saturated heterocycles. The first kappa shape index (κ1) is 12.7. The number of hydrogen-bond donors (Lipinski definition) is 2. The van der Waals surface area contributed by atoms with Crippen molar-refractivity contribution in [2.45, 2.75) is 6.42 Å². The summed E-state index contributed by atoms with van der Waals surface area (Å²) < 4.78 is 10.8. The molecule has 98 valence electrons. The van der Waals surface area contributed by atoms with Gasteiger partial charge in [0.2, 0.25) is 5.91 Å². The number of aliphatic hydroxyl groups excluding tert-OH is 1. The van der Waals surface area contributed by atoms with Crippen LogP contribution in [0.5, 0.6) is 11.5 Å². The molecule has 18 heavy (non-hydrogen) atoms. The molecule has 0 fully saturated rings. The van der Waals surface area contributed by atoms with E-state index in [2.05, 4.69) is 5.32 Å². The number of rotatable bonds is 4. The van der Waals surface area contributed by atoms with Gasteiger partial charge in [-0.05, 0) is 18.1 Å².